The van der Waals surface area contributed by atoms with Crippen molar-refractivity contribution in [1.82, 2.24) is 9.21 Å². The second-order valence-electron chi connectivity index (χ2n) is 6.38. The zero-order chi connectivity index (χ0) is 19.0. The van der Waals surface area contributed by atoms with Crippen molar-refractivity contribution in [2.45, 2.75) is 11.4 Å². The molecule has 0 aliphatic carbocycles. The molecule has 2 N–H and O–H groups in total. The van der Waals surface area contributed by atoms with Gasteiger partial charge in [0.2, 0.25) is 16.8 Å². The Kier molecular flexibility index (Phi) is 4.81. The summed E-state index contributed by atoms with van der Waals surface area (Å²) < 4.78 is 37.7. The lowest BCUT2D eigenvalue weighted by Gasteiger charge is -2.33. The van der Waals surface area contributed by atoms with Gasteiger partial charge in [-0.2, -0.15) is 4.31 Å². The van der Waals surface area contributed by atoms with Crippen molar-refractivity contribution in [1.29, 1.82) is 0 Å². The summed E-state index contributed by atoms with van der Waals surface area (Å²) in [4.78, 5) is 13.8. The van der Waals surface area contributed by atoms with E-state index >= 15 is 0 Å². The van der Waals surface area contributed by atoms with Gasteiger partial charge in [0.15, 0.2) is 11.5 Å². The van der Waals surface area contributed by atoms with Crippen LogP contribution in [0.3, 0.4) is 0 Å². The monoisotopic (exact) mass is 409 g/mol. The summed E-state index contributed by atoms with van der Waals surface area (Å²) in [6.45, 7) is 3.01. The number of fused-ring (bicyclic) bond motifs is 1. The topological polar surface area (TPSA) is 102 Å². The SMILES string of the molecule is NC(=O)c1cc(S(=O)(=O)N2CCN(Cc3ccc4c(c3)OCO4)CC2)cs1. The molecule has 2 aromatic rings. The predicted octanol–water partition coefficient (Wildman–Crippen LogP) is 1.08. The molecule has 0 spiro atoms. The molecule has 0 saturated carbocycles. The Labute approximate surface area is 161 Å². The number of amides is 1. The van der Waals surface area contributed by atoms with Gasteiger partial charge in [0.05, 0.1) is 9.77 Å². The van der Waals surface area contributed by atoms with Crippen molar-refractivity contribution in [2.24, 2.45) is 5.73 Å². The van der Waals surface area contributed by atoms with Gasteiger partial charge in [-0.05, 0) is 23.8 Å². The molecule has 0 radical (unpaired) electrons. The van der Waals surface area contributed by atoms with E-state index in [1.54, 1.807) is 0 Å². The number of nitrogens with two attached hydrogens (primary N) is 1. The average Bonchev–Trinajstić information content (AvgIpc) is 3.31. The third-order valence-corrected chi connectivity index (χ3v) is 7.60. The molecule has 144 valence electrons. The molecule has 10 heteroatoms. The Bertz CT molecular complexity index is 965. The van der Waals surface area contributed by atoms with E-state index in [0.29, 0.717) is 26.2 Å². The van der Waals surface area contributed by atoms with Gasteiger partial charge in [-0.25, -0.2) is 8.42 Å². The number of rotatable bonds is 5. The number of piperazine rings is 1. The number of benzene rings is 1. The Morgan fingerprint density at radius 2 is 1.85 bits per heavy atom. The minimum Gasteiger partial charge on any atom is -0.454 e. The first kappa shape index (κ1) is 18.2. The van der Waals surface area contributed by atoms with Crippen LogP contribution in [0.1, 0.15) is 15.2 Å². The first-order valence-corrected chi connectivity index (χ1v) is 10.7. The van der Waals surface area contributed by atoms with E-state index in [1.807, 2.05) is 18.2 Å². The summed E-state index contributed by atoms with van der Waals surface area (Å²) in [7, 11) is -3.61. The van der Waals surface area contributed by atoms with Crippen molar-refractivity contribution < 1.29 is 22.7 Å². The maximum atomic E-state index is 12.7. The maximum absolute atomic E-state index is 12.7. The third-order valence-electron chi connectivity index (χ3n) is 4.63. The molecule has 1 aromatic heterocycles. The fourth-order valence-electron chi connectivity index (χ4n) is 3.16. The summed E-state index contributed by atoms with van der Waals surface area (Å²) in [6, 6.07) is 7.20. The Morgan fingerprint density at radius 3 is 2.56 bits per heavy atom. The highest BCUT2D eigenvalue weighted by Gasteiger charge is 2.29. The van der Waals surface area contributed by atoms with Crippen LogP contribution in [0, 0.1) is 0 Å². The molecule has 2 aliphatic rings. The van der Waals surface area contributed by atoms with Crippen LogP contribution in [0.4, 0.5) is 0 Å². The summed E-state index contributed by atoms with van der Waals surface area (Å²) in [5, 5.41) is 1.47. The van der Waals surface area contributed by atoms with Gasteiger partial charge >= 0.3 is 0 Å². The Hall–Kier alpha value is -2.14. The highest BCUT2D eigenvalue weighted by atomic mass is 32.2. The van der Waals surface area contributed by atoms with Crippen molar-refractivity contribution in [3.8, 4) is 11.5 Å². The third kappa shape index (κ3) is 3.65. The lowest BCUT2D eigenvalue weighted by Crippen LogP contribution is -2.48. The second kappa shape index (κ2) is 7.12. The molecule has 27 heavy (non-hydrogen) atoms. The van der Waals surface area contributed by atoms with Crippen molar-refractivity contribution in [3.63, 3.8) is 0 Å². The van der Waals surface area contributed by atoms with Gasteiger partial charge in [0.25, 0.3) is 5.91 Å². The zero-order valence-electron chi connectivity index (χ0n) is 14.5. The number of sulfonamides is 1. The Morgan fingerprint density at radius 1 is 1.11 bits per heavy atom. The summed E-state index contributed by atoms with van der Waals surface area (Å²) >= 11 is 1.05. The standard InChI is InChI=1S/C17H19N3O5S2/c18-17(21)16-8-13(10-26-16)27(22,23)20-5-3-19(4-6-20)9-12-1-2-14-15(7-12)25-11-24-14/h1-2,7-8,10H,3-6,9,11H2,(H2,18,21). The fourth-order valence-corrected chi connectivity index (χ4v) is 5.69. The predicted molar refractivity (Wildman–Crippen MR) is 99.4 cm³/mol. The molecule has 1 amide bonds. The van der Waals surface area contributed by atoms with Crippen LogP contribution in [-0.2, 0) is 16.6 Å². The molecule has 1 saturated heterocycles. The van der Waals surface area contributed by atoms with Crippen LogP contribution >= 0.6 is 11.3 Å². The molecule has 0 unspecified atom stereocenters. The zero-order valence-corrected chi connectivity index (χ0v) is 16.1. The molecule has 2 aliphatic heterocycles. The molecular weight excluding hydrogens is 390 g/mol. The minimum atomic E-state index is -3.61. The normalized spacial score (nSPS) is 17.9. The van der Waals surface area contributed by atoms with Gasteiger partial charge in [-0.1, -0.05) is 6.07 Å². The number of hydrogen-bond donors (Lipinski definition) is 1. The van der Waals surface area contributed by atoms with E-state index in [1.165, 1.54) is 15.8 Å². The summed E-state index contributed by atoms with van der Waals surface area (Å²) in [5.41, 5.74) is 6.31. The number of thiophene rings is 1. The maximum Gasteiger partial charge on any atom is 0.258 e. The van der Waals surface area contributed by atoms with Crippen LogP contribution in [0.2, 0.25) is 0 Å². The first-order valence-electron chi connectivity index (χ1n) is 8.43. The van der Waals surface area contributed by atoms with E-state index in [-0.39, 0.29) is 16.6 Å². The van der Waals surface area contributed by atoms with E-state index in [0.717, 1.165) is 34.9 Å². The van der Waals surface area contributed by atoms with Crippen LogP contribution < -0.4 is 15.2 Å². The summed E-state index contributed by atoms with van der Waals surface area (Å²) in [5.74, 6) is 0.882. The molecule has 3 heterocycles. The fraction of sp³-hybridized carbons (Fsp3) is 0.353. The van der Waals surface area contributed by atoms with Gasteiger partial charge < -0.3 is 15.2 Å². The molecule has 1 aromatic carbocycles. The number of nitrogens with zero attached hydrogens (tertiary/aromatic N) is 2. The smallest absolute Gasteiger partial charge is 0.258 e. The van der Waals surface area contributed by atoms with E-state index < -0.39 is 15.9 Å². The van der Waals surface area contributed by atoms with Crippen LogP contribution in [0.5, 0.6) is 11.5 Å². The number of hydrogen-bond acceptors (Lipinski definition) is 7. The quantitative estimate of drug-likeness (QED) is 0.793. The van der Waals surface area contributed by atoms with E-state index in [2.05, 4.69) is 4.90 Å². The van der Waals surface area contributed by atoms with Crippen molar-refractivity contribution in [3.05, 3.63) is 40.1 Å². The van der Waals surface area contributed by atoms with Crippen molar-refractivity contribution >= 4 is 27.3 Å². The van der Waals surface area contributed by atoms with Gasteiger partial charge in [-0.3, -0.25) is 9.69 Å². The highest BCUT2D eigenvalue weighted by molar-refractivity contribution is 7.89. The molecule has 0 atom stereocenters. The van der Waals surface area contributed by atoms with Crippen molar-refractivity contribution in [2.75, 3.05) is 33.0 Å². The lowest BCUT2D eigenvalue weighted by atomic mass is 10.2. The second-order valence-corrected chi connectivity index (χ2v) is 9.23. The largest absolute Gasteiger partial charge is 0.454 e. The molecule has 4 rings (SSSR count). The minimum absolute atomic E-state index is 0.130. The van der Waals surface area contributed by atoms with Crippen LogP contribution in [-0.4, -0.2) is 56.5 Å². The molecule has 0 bridgehead atoms. The first-order chi connectivity index (χ1) is 12.9. The number of carbonyl (C=O) groups excluding carboxylic acids is 1. The molecular formula is C17H19N3O5S2. The molecule has 1 fully saturated rings. The number of primary amides is 1. The van der Waals surface area contributed by atoms with Crippen LogP contribution in [0.15, 0.2) is 34.5 Å². The Balaban J connectivity index is 1.38. The molecule has 8 nitrogen and oxygen atoms in total. The van der Waals surface area contributed by atoms with Gasteiger partial charge in [0.1, 0.15) is 0 Å². The van der Waals surface area contributed by atoms with E-state index in [9.17, 15) is 13.2 Å². The lowest BCUT2D eigenvalue weighted by molar-refractivity contribution is 0.100. The summed E-state index contributed by atoms with van der Waals surface area (Å²) in [6.07, 6.45) is 0. The highest BCUT2D eigenvalue weighted by Crippen LogP contribution is 2.33. The van der Waals surface area contributed by atoms with E-state index in [4.69, 9.17) is 15.2 Å². The van der Waals surface area contributed by atoms with Crippen LogP contribution in [0.25, 0.3) is 0 Å². The number of carbonyl (C=O) groups is 1. The average molecular weight is 409 g/mol. The van der Waals surface area contributed by atoms with Gasteiger partial charge in [-0.15, -0.1) is 11.3 Å². The number of ether oxygens (including phenoxy) is 2. The van der Waals surface area contributed by atoms with Gasteiger partial charge in [0, 0.05) is 38.1 Å².